The summed E-state index contributed by atoms with van der Waals surface area (Å²) < 4.78 is 16.3. The second kappa shape index (κ2) is 13.1. The van der Waals surface area contributed by atoms with Crippen molar-refractivity contribution in [3.05, 3.63) is 70.4 Å². The number of nitrogens with one attached hydrogen (secondary N) is 2. The number of anilines is 1. The molecule has 1 atom stereocenters. The lowest BCUT2D eigenvalue weighted by Gasteiger charge is -2.35. The number of hydrogen-bond donors (Lipinski definition) is 2. The highest BCUT2D eigenvalue weighted by atomic mass is 32.1. The highest BCUT2D eigenvalue weighted by Crippen LogP contribution is 2.35. The quantitative estimate of drug-likeness (QED) is 0.340. The molecule has 0 spiro atoms. The zero-order valence-corrected chi connectivity index (χ0v) is 23.9. The largest absolute Gasteiger partial charge is 0.497 e. The Morgan fingerprint density at radius 2 is 1.59 bits per heavy atom. The van der Waals surface area contributed by atoms with Crippen LogP contribution in [0.2, 0.25) is 0 Å². The maximum atomic E-state index is 14.0. The predicted octanol–water partition coefficient (Wildman–Crippen LogP) is 4.58. The highest BCUT2D eigenvalue weighted by Gasteiger charge is 2.36. The van der Waals surface area contributed by atoms with Crippen molar-refractivity contribution in [1.29, 1.82) is 0 Å². The topological polar surface area (TPSA) is 106 Å². The monoisotopic (exact) mass is 553 g/mol. The van der Waals surface area contributed by atoms with E-state index in [4.69, 9.17) is 14.2 Å². The third-order valence-corrected chi connectivity index (χ3v) is 7.16. The molecule has 0 saturated heterocycles. The van der Waals surface area contributed by atoms with Crippen molar-refractivity contribution in [2.75, 3.05) is 32.8 Å². The second-order valence-electron chi connectivity index (χ2n) is 9.40. The Morgan fingerprint density at radius 1 is 0.923 bits per heavy atom. The number of hydrogen-bond acceptors (Lipinski definition) is 7. The number of carbonyl (C=O) groups excluding carboxylic acids is 3. The van der Waals surface area contributed by atoms with Gasteiger partial charge in [0, 0.05) is 23.7 Å². The van der Waals surface area contributed by atoms with Crippen molar-refractivity contribution >= 4 is 34.7 Å². The van der Waals surface area contributed by atoms with E-state index in [0.29, 0.717) is 39.8 Å². The van der Waals surface area contributed by atoms with Crippen molar-refractivity contribution in [2.45, 2.75) is 38.8 Å². The Bertz CT molecular complexity index is 1270. The lowest BCUT2D eigenvalue weighted by molar-refractivity contribution is -0.127. The molecule has 10 heteroatoms. The molecule has 0 aliphatic heterocycles. The zero-order valence-electron chi connectivity index (χ0n) is 23.1. The summed E-state index contributed by atoms with van der Waals surface area (Å²) >= 11 is 1.27. The van der Waals surface area contributed by atoms with Gasteiger partial charge in [0.1, 0.15) is 23.3 Å². The van der Waals surface area contributed by atoms with E-state index in [1.807, 2.05) is 20.8 Å². The molecule has 1 unspecified atom stereocenters. The van der Waals surface area contributed by atoms with E-state index >= 15 is 0 Å². The van der Waals surface area contributed by atoms with Gasteiger partial charge in [-0.3, -0.25) is 19.3 Å². The first-order valence-electron chi connectivity index (χ1n) is 12.4. The number of carbonyl (C=O) groups is 3. The van der Waals surface area contributed by atoms with Crippen LogP contribution in [0.25, 0.3) is 0 Å². The van der Waals surface area contributed by atoms with Gasteiger partial charge in [0.05, 0.1) is 38.4 Å². The van der Waals surface area contributed by atoms with Crippen LogP contribution in [0.5, 0.6) is 17.2 Å². The van der Waals surface area contributed by atoms with Gasteiger partial charge in [-0.15, -0.1) is 11.3 Å². The van der Waals surface area contributed by atoms with Crippen molar-refractivity contribution in [3.63, 3.8) is 0 Å². The van der Waals surface area contributed by atoms with Crippen molar-refractivity contribution in [1.82, 2.24) is 10.6 Å². The summed E-state index contributed by atoms with van der Waals surface area (Å²) in [6, 6.07) is 14.3. The minimum Gasteiger partial charge on any atom is -0.497 e. The number of nitrogens with zero attached hydrogens (tertiary/aromatic N) is 1. The van der Waals surface area contributed by atoms with Crippen molar-refractivity contribution in [3.8, 4) is 17.2 Å². The average molecular weight is 554 g/mol. The first-order valence-corrected chi connectivity index (χ1v) is 13.3. The predicted molar refractivity (Wildman–Crippen MR) is 152 cm³/mol. The number of ether oxygens (including phenoxy) is 3. The second-order valence-corrected chi connectivity index (χ2v) is 10.3. The molecule has 0 radical (unpaired) electrons. The van der Waals surface area contributed by atoms with E-state index in [1.54, 1.807) is 60.0 Å². The van der Waals surface area contributed by atoms with Gasteiger partial charge < -0.3 is 24.8 Å². The van der Waals surface area contributed by atoms with Crippen molar-refractivity contribution in [2.24, 2.45) is 0 Å². The van der Waals surface area contributed by atoms with E-state index < -0.39 is 23.4 Å². The first kappa shape index (κ1) is 29.5. The summed E-state index contributed by atoms with van der Waals surface area (Å²) in [5.41, 5.74) is 0.347. The third-order valence-electron chi connectivity index (χ3n) is 6.29. The van der Waals surface area contributed by atoms with Crippen LogP contribution < -0.4 is 29.7 Å². The molecule has 1 aromatic heterocycles. The van der Waals surface area contributed by atoms with Gasteiger partial charge >= 0.3 is 0 Å². The lowest BCUT2D eigenvalue weighted by atomic mass is 9.98. The molecule has 9 nitrogen and oxygen atoms in total. The molecule has 39 heavy (non-hydrogen) atoms. The number of methoxy groups -OCH3 is 3. The lowest BCUT2D eigenvalue weighted by Crippen LogP contribution is -2.52. The van der Waals surface area contributed by atoms with Crippen LogP contribution >= 0.6 is 11.3 Å². The number of benzene rings is 2. The molecule has 0 aliphatic carbocycles. The molecule has 0 aliphatic rings. The fourth-order valence-corrected chi connectivity index (χ4v) is 4.46. The Kier molecular flexibility index (Phi) is 9.95. The summed E-state index contributed by atoms with van der Waals surface area (Å²) in [4.78, 5) is 42.4. The maximum absolute atomic E-state index is 14.0. The first-order chi connectivity index (χ1) is 18.6. The molecular weight excluding hydrogens is 518 g/mol. The fourth-order valence-electron chi connectivity index (χ4n) is 3.82. The van der Waals surface area contributed by atoms with Crippen LogP contribution in [0.1, 0.15) is 48.5 Å². The van der Waals surface area contributed by atoms with Crippen LogP contribution in [0.4, 0.5) is 5.69 Å². The molecule has 3 aromatic rings. The Labute approximate surface area is 233 Å². The van der Waals surface area contributed by atoms with Crippen LogP contribution in [-0.4, -0.2) is 51.1 Å². The summed E-state index contributed by atoms with van der Waals surface area (Å²) in [6.07, 6.45) is 0.668. The zero-order chi connectivity index (χ0) is 28.6. The number of amides is 3. The van der Waals surface area contributed by atoms with Crippen LogP contribution in [0.15, 0.2) is 60.0 Å². The van der Waals surface area contributed by atoms with Gasteiger partial charge in [0.2, 0.25) is 11.8 Å². The molecular formula is C29H35N3O6S. The van der Waals surface area contributed by atoms with E-state index in [2.05, 4.69) is 10.6 Å². The number of thiophene rings is 1. The third kappa shape index (κ3) is 7.51. The summed E-state index contributed by atoms with van der Waals surface area (Å²) in [5.74, 6) is 0.118. The minimum absolute atomic E-state index is 0.346. The highest BCUT2D eigenvalue weighted by molar-refractivity contribution is 7.12. The molecule has 2 N–H and O–H groups in total. The van der Waals surface area contributed by atoms with E-state index in [1.165, 1.54) is 37.6 Å². The number of rotatable bonds is 12. The van der Waals surface area contributed by atoms with Gasteiger partial charge in [0.25, 0.3) is 5.91 Å². The molecule has 0 fully saturated rings. The Balaban J connectivity index is 2.14. The van der Waals surface area contributed by atoms with Gasteiger partial charge in [0.15, 0.2) is 0 Å². The van der Waals surface area contributed by atoms with Crippen LogP contribution in [-0.2, 0) is 9.59 Å². The molecule has 1 heterocycles. The fraction of sp³-hybridized carbons (Fsp3) is 0.345. The summed E-state index contributed by atoms with van der Waals surface area (Å²) in [6.45, 7) is 5.45. The van der Waals surface area contributed by atoms with Crippen molar-refractivity contribution < 1.29 is 28.6 Å². The molecule has 208 valence electrons. The smallest absolute Gasteiger partial charge is 0.261 e. The van der Waals surface area contributed by atoms with E-state index in [-0.39, 0.29) is 12.5 Å². The van der Waals surface area contributed by atoms with Gasteiger partial charge in [-0.25, -0.2) is 0 Å². The Hall–Kier alpha value is -4.05. The van der Waals surface area contributed by atoms with Gasteiger partial charge in [-0.2, -0.15) is 0 Å². The summed E-state index contributed by atoms with van der Waals surface area (Å²) in [5, 5.41) is 7.53. The molecule has 2 aromatic carbocycles. The van der Waals surface area contributed by atoms with Gasteiger partial charge in [-0.05, 0) is 49.4 Å². The normalized spacial score (nSPS) is 11.7. The van der Waals surface area contributed by atoms with E-state index in [9.17, 15) is 14.4 Å². The average Bonchev–Trinajstić information content (AvgIpc) is 3.49. The molecule has 3 rings (SSSR count). The Morgan fingerprint density at radius 3 is 2.15 bits per heavy atom. The molecule has 0 bridgehead atoms. The standard InChI is InChI=1S/C29H35N3O6S/c1-7-29(2,3)31-28(35)26(19-10-8-11-21(14-19)36-4)32(20-15-22(37-5)17-23(16-20)38-6)25(33)18-30-27(34)24-12-9-13-39-24/h8-17,26H,7,18H2,1-6H3,(H,30,34)(H,31,35). The van der Waals surface area contributed by atoms with Gasteiger partial charge in [-0.1, -0.05) is 25.1 Å². The molecule has 3 amide bonds. The molecule has 0 saturated carbocycles. The van der Waals surface area contributed by atoms with E-state index in [0.717, 1.165) is 0 Å². The van der Waals surface area contributed by atoms with Crippen LogP contribution in [0, 0.1) is 0 Å². The maximum Gasteiger partial charge on any atom is 0.261 e. The minimum atomic E-state index is -1.10. The van der Waals surface area contributed by atoms with Crippen LogP contribution in [0.3, 0.4) is 0 Å². The SMILES string of the molecule is CCC(C)(C)NC(=O)C(c1cccc(OC)c1)N(C(=O)CNC(=O)c1cccs1)c1cc(OC)cc(OC)c1. The summed E-state index contributed by atoms with van der Waals surface area (Å²) in [7, 11) is 4.54.